The number of hydrogen-bond donors (Lipinski definition) is 2. The molecule has 180 valence electrons. The monoisotopic (exact) mass is 438 g/mol. The van der Waals surface area contributed by atoms with Crippen molar-refractivity contribution in [2.75, 3.05) is 7.11 Å². The van der Waals surface area contributed by atoms with Crippen LogP contribution in [0.2, 0.25) is 0 Å². The third kappa shape index (κ3) is 13.4. The highest BCUT2D eigenvalue weighted by Crippen LogP contribution is 2.18. The van der Waals surface area contributed by atoms with Crippen LogP contribution in [-0.4, -0.2) is 37.0 Å². The second kappa shape index (κ2) is 16.1. The second-order valence-corrected chi connectivity index (χ2v) is 9.81. The fourth-order valence-electron chi connectivity index (χ4n) is 4.38. The van der Waals surface area contributed by atoms with Crippen LogP contribution in [0.3, 0.4) is 0 Å². The van der Waals surface area contributed by atoms with Crippen molar-refractivity contribution in [3.05, 3.63) is 0 Å². The predicted octanol–water partition coefficient (Wildman–Crippen LogP) is 4.90. The molecular formula is C25H46N2O4. The molecule has 2 amide bonds. The van der Waals surface area contributed by atoms with Crippen LogP contribution in [0, 0.1) is 11.8 Å². The average Bonchev–Trinajstić information content (AvgIpc) is 2.68. The van der Waals surface area contributed by atoms with E-state index in [-0.39, 0.29) is 36.1 Å². The molecule has 0 heterocycles. The first-order valence-corrected chi connectivity index (χ1v) is 12.5. The van der Waals surface area contributed by atoms with Crippen molar-refractivity contribution in [3.8, 4) is 0 Å². The number of nitrogens with one attached hydrogen (secondary N) is 2. The van der Waals surface area contributed by atoms with Gasteiger partial charge in [-0.15, -0.1) is 0 Å². The lowest BCUT2D eigenvalue weighted by Gasteiger charge is -2.21. The molecule has 1 aliphatic rings. The first kappa shape index (κ1) is 27.4. The van der Waals surface area contributed by atoms with Crippen molar-refractivity contribution >= 4 is 17.8 Å². The Hall–Kier alpha value is -1.59. The Morgan fingerprint density at radius 2 is 1.29 bits per heavy atom. The van der Waals surface area contributed by atoms with Gasteiger partial charge in [0.1, 0.15) is 6.04 Å². The standard InChI is InChI=1S/C25H46N2O4/c1-19(2)16-22(25(30)31-4)27-24(29)18-20(3)17-23(28)26-21-14-12-10-8-6-5-7-9-11-13-15-21/h19-22H,5-18H2,1-4H3,(H,26,28)(H,27,29). The molecule has 0 aromatic carbocycles. The van der Waals surface area contributed by atoms with Crippen LogP contribution in [0.4, 0.5) is 0 Å². The lowest BCUT2D eigenvalue weighted by molar-refractivity contribution is -0.145. The molecule has 2 unspecified atom stereocenters. The van der Waals surface area contributed by atoms with Gasteiger partial charge in [0, 0.05) is 18.9 Å². The number of hydrogen-bond acceptors (Lipinski definition) is 4. The van der Waals surface area contributed by atoms with E-state index in [9.17, 15) is 14.4 Å². The van der Waals surface area contributed by atoms with Gasteiger partial charge in [0.05, 0.1) is 7.11 Å². The molecule has 6 nitrogen and oxygen atoms in total. The third-order valence-corrected chi connectivity index (χ3v) is 6.07. The maximum absolute atomic E-state index is 12.6. The van der Waals surface area contributed by atoms with Crippen LogP contribution < -0.4 is 10.6 Å². The molecule has 0 bridgehead atoms. The topological polar surface area (TPSA) is 84.5 Å². The summed E-state index contributed by atoms with van der Waals surface area (Å²) in [6.07, 6.45) is 14.7. The summed E-state index contributed by atoms with van der Waals surface area (Å²) in [6, 6.07) is -0.377. The van der Waals surface area contributed by atoms with E-state index in [1.807, 2.05) is 20.8 Å². The van der Waals surface area contributed by atoms with Crippen molar-refractivity contribution in [2.45, 2.75) is 123 Å². The molecule has 1 aliphatic carbocycles. The van der Waals surface area contributed by atoms with Gasteiger partial charge in [0.25, 0.3) is 0 Å². The van der Waals surface area contributed by atoms with Crippen molar-refractivity contribution < 1.29 is 19.1 Å². The Labute approximate surface area is 189 Å². The zero-order chi connectivity index (χ0) is 23.1. The predicted molar refractivity (Wildman–Crippen MR) is 125 cm³/mol. The van der Waals surface area contributed by atoms with Crippen molar-refractivity contribution in [3.63, 3.8) is 0 Å². The first-order chi connectivity index (χ1) is 14.8. The van der Waals surface area contributed by atoms with E-state index < -0.39 is 12.0 Å². The lowest BCUT2D eigenvalue weighted by atomic mass is 9.97. The summed E-state index contributed by atoms with van der Waals surface area (Å²) in [4.78, 5) is 36.9. The molecule has 0 aliphatic heterocycles. The highest BCUT2D eigenvalue weighted by Gasteiger charge is 2.24. The van der Waals surface area contributed by atoms with Crippen molar-refractivity contribution in [1.82, 2.24) is 10.6 Å². The Morgan fingerprint density at radius 3 is 1.77 bits per heavy atom. The van der Waals surface area contributed by atoms with Gasteiger partial charge in [-0.25, -0.2) is 4.79 Å². The number of ether oxygens (including phenoxy) is 1. The third-order valence-electron chi connectivity index (χ3n) is 6.07. The van der Waals surface area contributed by atoms with Crippen LogP contribution in [-0.2, 0) is 19.1 Å². The Bertz CT molecular complexity index is 524. The number of methoxy groups -OCH3 is 1. The van der Waals surface area contributed by atoms with Crippen LogP contribution in [0.25, 0.3) is 0 Å². The molecule has 0 aromatic heterocycles. The molecule has 31 heavy (non-hydrogen) atoms. The van der Waals surface area contributed by atoms with Crippen LogP contribution in [0.15, 0.2) is 0 Å². The minimum Gasteiger partial charge on any atom is -0.467 e. The highest BCUT2D eigenvalue weighted by atomic mass is 16.5. The summed E-state index contributed by atoms with van der Waals surface area (Å²) in [5, 5.41) is 6.00. The molecule has 1 rings (SSSR count). The zero-order valence-electron chi connectivity index (χ0n) is 20.3. The Kier molecular flexibility index (Phi) is 14.3. The van der Waals surface area contributed by atoms with Gasteiger partial charge < -0.3 is 15.4 Å². The van der Waals surface area contributed by atoms with Gasteiger partial charge in [-0.1, -0.05) is 78.6 Å². The van der Waals surface area contributed by atoms with E-state index in [0.29, 0.717) is 12.8 Å². The number of carbonyl (C=O) groups excluding carboxylic acids is 3. The first-order valence-electron chi connectivity index (χ1n) is 12.5. The minimum absolute atomic E-state index is 0.0316. The van der Waals surface area contributed by atoms with Gasteiger partial charge in [0.2, 0.25) is 11.8 Å². The molecule has 0 radical (unpaired) electrons. The van der Waals surface area contributed by atoms with Gasteiger partial charge in [0.15, 0.2) is 0 Å². The number of carbonyl (C=O) groups is 3. The Balaban J connectivity index is 2.44. The average molecular weight is 439 g/mol. The van der Waals surface area contributed by atoms with Crippen molar-refractivity contribution in [1.29, 1.82) is 0 Å². The van der Waals surface area contributed by atoms with E-state index in [4.69, 9.17) is 4.74 Å². The summed E-state index contributed by atoms with van der Waals surface area (Å²) in [7, 11) is 1.33. The normalized spacial score (nSPS) is 18.9. The summed E-state index contributed by atoms with van der Waals surface area (Å²) in [5.41, 5.74) is 0. The summed E-state index contributed by atoms with van der Waals surface area (Å²) >= 11 is 0. The van der Waals surface area contributed by atoms with E-state index >= 15 is 0 Å². The molecule has 6 heteroatoms. The lowest BCUT2D eigenvalue weighted by Crippen LogP contribution is -2.43. The number of amides is 2. The molecule has 1 saturated carbocycles. The fraction of sp³-hybridized carbons (Fsp3) is 0.880. The molecule has 2 atom stereocenters. The summed E-state index contributed by atoms with van der Waals surface area (Å²) in [5.74, 6) is -0.413. The SMILES string of the molecule is COC(=O)C(CC(C)C)NC(=O)CC(C)CC(=O)NC1CCCCCCCCCCC1. The molecule has 1 fully saturated rings. The maximum atomic E-state index is 12.6. The molecule has 0 aromatic rings. The highest BCUT2D eigenvalue weighted by molar-refractivity contribution is 5.85. The maximum Gasteiger partial charge on any atom is 0.328 e. The number of rotatable bonds is 9. The van der Waals surface area contributed by atoms with Gasteiger partial charge in [-0.2, -0.15) is 0 Å². The van der Waals surface area contributed by atoms with Crippen molar-refractivity contribution in [2.24, 2.45) is 11.8 Å². The minimum atomic E-state index is -0.630. The molecular weight excluding hydrogens is 392 g/mol. The van der Waals surface area contributed by atoms with Crippen LogP contribution >= 0.6 is 0 Å². The van der Waals surface area contributed by atoms with Gasteiger partial charge >= 0.3 is 5.97 Å². The van der Waals surface area contributed by atoms with E-state index in [0.717, 1.165) is 12.8 Å². The zero-order valence-corrected chi connectivity index (χ0v) is 20.3. The molecule has 0 saturated heterocycles. The van der Waals surface area contributed by atoms with Crippen LogP contribution in [0.5, 0.6) is 0 Å². The van der Waals surface area contributed by atoms with Gasteiger partial charge in [-0.3, -0.25) is 9.59 Å². The van der Waals surface area contributed by atoms with Gasteiger partial charge in [-0.05, 0) is 31.1 Å². The van der Waals surface area contributed by atoms with E-state index in [1.165, 1.54) is 64.9 Å². The number of esters is 1. The van der Waals surface area contributed by atoms with Crippen LogP contribution in [0.1, 0.15) is 111 Å². The smallest absolute Gasteiger partial charge is 0.328 e. The largest absolute Gasteiger partial charge is 0.467 e. The van der Waals surface area contributed by atoms with E-state index in [1.54, 1.807) is 0 Å². The summed E-state index contributed by atoms with van der Waals surface area (Å²) in [6.45, 7) is 5.91. The van der Waals surface area contributed by atoms with E-state index in [2.05, 4.69) is 10.6 Å². The Morgan fingerprint density at radius 1 is 0.806 bits per heavy atom. The fourth-order valence-corrected chi connectivity index (χ4v) is 4.38. The quantitative estimate of drug-likeness (QED) is 0.502. The second-order valence-electron chi connectivity index (χ2n) is 9.81. The molecule has 0 spiro atoms. The summed E-state index contributed by atoms with van der Waals surface area (Å²) < 4.78 is 4.80. The molecule has 2 N–H and O–H groups in total.